The number of morpholine rings is 1. The molecule has 6 nitrogen and oxygen atoms in total. The normalized spacial score (nSPS) is 20.5. The SMILES string of the molecule is COc1ccc(CN2C=CC(N3CCOCC3)=NC2C(F)(F)F)c(OC)c1. The molecule has 0 bridgehead atoms. The monoisotopic (exact) mass is 385 g/mol. The molecule has 2 heterocycles. The second kappa shape index (κ2) is 8.08. The molecule has 2 aliphatic heterocycles. The standard InChI is InChI=1S/C18H22F3N3O3/c1-25-14-4-3-13(15(11-14)26-2)12-24-6-5-16(22-17(24)18(19,20)21)23-7-9-27-10-8-23/h3-6,11,17H,7-10,12H2,1-2H3. The number of amidine groups is 1. The number of rotatable bonds is 4. The Hall–Kier alpha value is -2.42. The summed E-state index contributed by atoms with van der Waals surface area (Å²) in [6, 6.07) is 5.03. The number of alkyl halides is 3. The highest BCUT2D eigenvalue weighted by Gasteiger charge is 2.44. The summed E-state index contributed by atoms with van der Waals surface area (Å²) in [6.45, 7) is 2.03. The number of aliphatic imine (C=N–C) groups is 1. The van der Waals surface area contributed by atoms with Crippen LogP contribution >= 0.6 is 0 Å². The third-order valence-corrected chi connectivity index (χ3v) is 4.46. The lowest BCUT2D eigenvalue weighted by atomic mass is 10.1. The molecule has 1 atom stereocenters. The summed E-state index contributed by atoms with van der Waals surface area (Å²) in [5, 5.41) is 0. The molecule has 27 heavy (non-hydrogen) atoms. The maximum absolute atomic E-state index is 13.7. The molecule has 1 aromatic rings. The van der Waals surface area contributed by atoms with Crippen molar-refractivity contribution in [2.24, 2.45) is 4.99 Å². The van der Waals surface area contributed by atoms with Crippen LogP contribution in [0, 0.1) is 0 Å². The van der Waals surface area contributed by atoms with Gasteiger partial charge in [0.05, 0.1) is 27.4 Å². The minimum absolute atomic E-state index is 0.00767. The average Bonchev–Trinajstić information content (AvgIpc) is 2.68. The number of halogens is 3. The van der Waals surface area contributed by atoms with Crippen LogP contribution in [-0.4, -0.2) is 68.5 Å². The van der Waals surface area contributed by atoms with E-state index in [1.807, 2.05) is 4.90 Å². The summed E-state index contributed by atoms with van der Waals surface area (Å²) >= 11 is 0. The molecular formula is C18H22F3N3O3. The predicted octanol–water partition coefficient (Wildman–Crippen LogP) is 2.65. The number of methoxy groups -OCH3 is 2. The van der Waals surface area contributed by atoms with Gasteiger partial charge in [-0.3, -0.25) is 0 Å². The maximum Gasteiger partial charge on any atom is 0.429 e. The van der Waals surface area contributed by atoms with Gasteiger partial charge in [0.25, 0.3) is 0 Å². The summed E-state index contributed by atoms with van der Waals surface area (Å²) in [5.41, 5.74) is 0.613. The lowest BCUT2D eigenvalue weighted by Crippen LogP contribution is -2.47. The molecule has 0 radical (unpaired) electrons. The quantitative estimate of drug-likeness (QED) is 0.798. The summed E-state index contributed by atoms with van der Waals surface area (Å²) in [5.74, 6) is 1.37. The molecule has 1 unspecified atom stereocenters. The second-order valence-corrected chi connectivity index (χ2v) is 6.17. The first-order chi connectivity index (χ1) is 12.9. The van der Waals surface area contributed by atoms with Crippen molar-refractivity contribution in [2.75, 3.05) is 40.5 Å². The Morgan fingerprint density at radius 3 is 2.56 bits per heavy atom. The summed E-state index contributed by atoms with van der Waals surface area (Å²) in [7, 11) is 2.99. The lowest BCUT2D eigenvalue weighted by Gasteiger charge is -2.36. The zero-order valence-electron chi connectivity index (χ0n) is 15.2. The van der Waals surface area contributed by atoms with Crippen LogP contribution in [-0.2, 0) is 11.3 Å². The van der Waals surface area contributed by atoms with Crippen LogP contribution < -0.4 is 9.47 Å². The van der Waals surface area contributed by atoms with Crippen molar-refractivity contribution >= 4 is 5.84 Å². The van der Waals surface area contributed by atoms with Crippen molar-refractivity contribution < 1.29 is 27.4 Å². The van der Waals surface area contributed by atoms with Gasteiger partial charge in [0, 0.05) is 37.5 Å². The molecule has 3 rings (SSSR count). The van der Waals surface area contributed by atoms with Gasteiger partial charge in [-0.25, -0.2) is 4.99 Å². The van der Waals surface area contributed by atoms with Gasteiger partial charge in [0.2, 0.25) is 6.17 Å². The number of benzene rings is 1. The molecule has 0 aromatic heterocycles. The van der Waals surface area contributed by atoms with Crippen molar-refractivity contribution in [3.63, 3.8) is 0 Å². The lowest BCUT2D eigenvalue weighted by molar-refractivity contribution is -0.176. The van der Waals surface area contributed by atoms with E-state index in [9.17, 15) is 13.2 Å². The van der Waals surface area contributed by atoms with E-state index in [4.69, 9.17) is 14.2 Å². The van der Waals surface area contributed by atoms with Crippen molar-refractivity contribution in [1.29, 1.82) is 0 Å². The largest absolute Gasteiger partial charge is 0.497 e. The van der Waals surface area contributed by atoms with E-state index in [1.165, 1.54) is 20.4 Å². The number of hydrogen-bond donors (Lipinski definition) is 0. The van der Waals surface area contributed by atoms with Gasteiger partial charge in [-0.2, -0.15) is 13.2 Å². The van der Waals surface area contributed by atoms with Gasteiger partial charge in [-0.15, -0.1) is 0 Å². The Bertz CT molecular complexity index is 716. The van der Waals surface area contributed by atoms with Gasteiger partial charge in [0.15, 0.2) is 0 Å². The molecule has 0 saturated carbocycles. The Morgan fingerprint density at radius 1 is 1.19 bits per heavy atom. The minimum Gasteiger partial charge on any atom is -0.497 e. The van der Waals surface area contributed by atoms with Crippen LogP contribution in [0.4, 0.5) is 13.2 Å². The van der Waals surface area contributed by atoms with Gasteiger partial charge in [0.1, 0.15) is 17.3 Å². The summed E-state index contributed by atoms with van der Waals surface area (Å²) in [6.07, 6.45) is -3.39. The molecule has 0 amide bonds. The molecule has 1 fully saturated rings. The summed E-state index contributed by atoms with van der Waals surface area (Å²) in [4.78, 5) is 6.95. The third-order valence-electron chi connectivity index (χ3n) is 4.46. The molecule has 1 saturated heterocycles. The van der Waals surface area contributed by atoms with Gasteiger partial charge in [-0.1, -0.05) is 0 Å². The van der Waals surface area contributed by atoms with E-state index in [-0.39, 0.29) is 6.54 Å². The Balaban J connectivity index is 1.83. The average molecular weight is 385 g/mol. The van der Waals surface area contributed by atoms with E-state index in [0.717, 1.165) is 4.90 Å². The highest BCUT2D eigenvalue weighted by Crippen LogP contribution is 2.32. The van der Waals surface area contributed by atoms with Gasteiger partial charge < -0.3 is 24.0 Å². The number of hydrogen-bond acceptors (Lipinski definition) is 6. The topological polar surface area (TPSA) is 46.5 Å². The highest BCUT2D eigenvalue weighted by molar-refractivity contribution is 5.93. The van der Waals surface area contributed by atoms with Crippen LogP contribution in [0.1, 0.15) is 5.56 Å². The van der Waals surface area contributed by atoms with Crippen molar-refractivity contribution in [2.45, 2.75) is 18.9 Å². The van der Waals surface area contributed by atoms with Crippen molar-refractivity contribution in [1.82, 2.24) is 9.80 Å². The van der Waals surface area contributed by atoms with Crippen LogP contribution in [0.5, 0.6) is 11.5 Å². The molecule has 0 N–H and O–H groups in total. The first-order valence-electron chi connectivity index (χ1n) is 8.54. The molecule has 9 heteroatoms. The summed E-state index contributed by atoms with van der Waals surface area (Å²) < 4.78 is 56.7. The van der Waals surface area contributed by atoms with E-state index >= 15 is 0 Å². The Kier molecular flexibility index (Phi) is 5.79. The zero-order valence-corrected chi connectivity index (χ0v) is 15.2. The molecule has 0 spiro atoms. The van der Waals surface area contributed by atoms with Gasteiger partial charge in [-0.05, 0) is 18.2 Å². The number of nitrogens with zero attached hydrogens (tertiary/aromatic N) is 3. The first kappa shape index (κ1) is 19.3. The van der Waals surface area contributed by atoms with E-state index < -0.39 is 12.3 Å². The van der Waals surface area contributed by atoms with Gasteiger partial charge >= 0.3 is 6.18 Å². The fourth-order valence-corrected chi connectivity index (χ4v) is 3.05. The minimum atomic E-state index is -4.50. The first-order valence-corrected chi connectivity index (χ1v) is 8.54. The van der Waals surface area contributed by atoms with Crippen LogP contribution in [0.25, 0.3) is 0 Å². The molecule has 0 aliphatic carbocycles. The predicted molar refractivity (Wildman–Crippen MR) is 93.9 cm³/mol. The van der Waals surface area contributed by atoms with E-state index in [0.29, 0.717) is 49.2 Å². The van der Waals surface area contributed by atoms with Crippen LogP contribution in [0.2, 0.25) is 0 Å². The van der Waals surface area contributed by atoms with E-state index in [1.54, 1.807) is 24.3 Å². The van der Waals surface area contributed by atoms with Crippen LogP contribution in [0.3, 0.4) is 0 Å². The fraction of sp³-hybridized carbons (Fsp3) is 0.500. The highest BCUT2D eigenvalue weighted by atomic mass is 19.4. The van der Waals surface area contributed by atoms with Crippen molar-refractivity contribution in [3.05, 3.63) is 36.0 Å². The maximum atomic E-state index is 13.7. The molecule has 148 valence electrons. The van der Waals surface area contributed by atoms with Crippen LogP contribution in [0.15, 0.2) is 35.5 Å². The molecule has 1 aromatic carbocycles. The molecule has 2 aliphatic rings. The third kappa shape index (κ3) is 4.47. The Labute approximate surface area is 155 Å². The Morgan fingerprint density at radius 2 is 1.93 bits per heavy atom. The number of ether oxygens (including phenoxy) is 3. The van der Waals surface area contributed by atoms with E-state index in [2.05, 4.69) is 4.99 Å². The zero-order chi connectivity index (χ0) is 19.4. The second-order valence-electron chi connectivity index (χ2n) is 6.17. The van der Waals surface area contributed by atoms with Crippen molar-refractivity contribution in [3.8, 4) is 11.5 Å². The smallest absolute Gasteiger partial charge is 0.429 e. The molecular weight excluding hydrogens is 363 g/mol. The fourth-order valence-electron chi connectivity index (χ4n) is 3.05.